The summed E-state index contributed by atoms with van der Waals surface area (Å²) in [7, 11) is 0. The van der Waals surface area contributed by atoms with Gasteiger partial charge in [0.1, 0.15) is 11.6 Å². The maximum Gasteiger partial charge on any atom is 0.254 e. The van der Waals surface area contributed by atoms with Crippen molar-refractivity contribution in [2.75, 3.05) is 11.9 Å². The molecule has 136 valence electrons. The maximum absolute atomic E-state index is 12.2. The summed E-state index contributed by atoms with van der Waals surface area (Å²) < 4.78 is 6.42. The Hall–Kier alpha value is -2.74. The molecule has 0 unspecified atom stereocenters. The molecular formula is C18H20N4O3S. The molecule has 3 rings (SSSR count). The molecule has 0 bridgehead atoms. The van der Waals surface area contributed by atoms with E-state index in [1.54, 1.807) is 13.8 Å². The first kappa shape index (κ1) is 18.1. The summed E-state index contributed by atoms with van der Waals surface area (Å²) in [4.78, 5) is 35.5. The van der Waals surface area contributed by atoms with Crippen molar-refractivity contribution >= 4 is 32.6 Å². The molecule has 0 aliphatic heterocycles. The van der Waals surface area contributed by atoms with Crippen molar-refractivity contribution in [3.8, 4) is 5.75 Å². The summed E-state index contributed by atoms with van der Waals surface area (Å²) in [6, 6.07) is 5.64. The van der Waals surface area contributed by atoms with E-state index in [1.807, 2.05) is 25.1 Å². The Morgan fingerprint density at radius 1 is 1.31 bits per heavy atom. The summed E-state index contributed by atoms with van der Waals surface area (Å²) >= 11 is 1.39. The monoisotopic (exact) mass is 372 g/mol. The van der Waals surface area contributed by atoms with Gasteiger partial charge in [-0.25, -0.2) is 9.97 Å². The van der Waals surface area contributed by atoms with E-state index in [0.717, 1.165) is 16.0 Å². The van der Waals surface area contributed by atoms with Crippen LogP contribution in [0.25, 0.3) is 10.2 Å². The van der Waals surface area contributed by atoms with Gasteiger partial charge < -0.3 is 15.0 Å². The number of benzene rings is 1. The minimum atomic E-state index is -0.189. The molecule has 0 saturated carbocycles. The predicted octanol–water partition coefficient (Wildman–Crippen LogP) is 2.97. The smallest absolute Gasteiger partial charge is 0.254 e. The zero-order valence-electron chi connectivity index (χ0n) is 14.9. The molecule has 26 heavy (non-hydrogen) atoms. The van der Waals surface area contributed by atoms with Crippen LogP contribution in [-0.2, 0) is 11.2 Å². The Labute approximate surface area is 154 Å². The first-order valence-electron chi connectivity index (χ1n) is 8.36. The molecule has 0 fully saturated rings. The van der Waals surface area contributed by atoms with Gasteiger partial charge in [0.15, 0.2) is 5.13 Å². The molecule has 0 atom stereocenters. The number of hydrogen-bond acceptors (Lipinski definition) is 6. The standard InChI is InChI=1S/C18H20N4O3S/c1-4-25-12-5-7-14-15(9-12)26-18(21-14)22-16(23)8-6-13-10(2)19-11(3)20-17(13)24/h5,7,9H,4,6,8H2,1-3H3,(H,19,20,24)(H,21,22,23). The van der Waals surface area contributed by atoms with Crippen molar-refractivity contribution in [1.82, 2.24) is 15.0 Å². The van der Waals surface area contributed by atoms with Crippen LogP contribution in [0.4, 0.5) is 5.13 Å². The number of nitrogens with zero attached hydrogens (tertiary/aromatic N) is 2. The Morgan fingerprint density at radius 3 is 2.85 bits per heavy atom. The predicted molar refractivity (Wildman–Crippen MR) is 102 cm³/mol. The third-order valence-corrected chi connectivity index (χ3v) is 4.79. The average molecular weight is 372 g/mol. The Morgan fingerprint density at radius 2 is 2.12 bits per heavy atom. The zero-order valence-corrected chi connectivity index (χ0v) is 15.7. The van der Waals surface area contributed by atoms with E-state index in [9.17, 15) is 9.59 Å². The highest BCUT2D eigenvalue weighted by Gasteiger charge is 2.12. The molecule has 0 saturated heterocycles. The van der Waals surface area contributed by atoms with Crippen molar-refractivity contribution in [1.29, 1.82) is 0 Å². The Balaban J connectivity index is 1.67. The first-order chi connectivity index (χ1) is 12.5. The van der Waals surface area contributed by atoms with Crippen LogP contribution >= 0.6 is 11.3 Å². The van der Waals surface area contributed by atoms with Crippen LogP contribution < -0.4 is 15.6 Å². The second-order valence-corrected chi connectivity index (χ2v) is 6.88. The molecular weight excluding hydrogens is 352 g/mol. The zero-order chi connectivity index (χ0) is 18.7. The molecule has 2 heterocycles. The van der Waals surface area contributed by atoms with Crippen molar-refractivity contribution in [3.63, 3.8) is 0 Å². The van der Waals surface area contributed by atoms with E-state index in [2.05, 4.69) is 20.3 Å². The molecule has 0 spiro atoms. The van der Waals surface area contributed by atoms with Gasteiger partial charge in [0.05, 0.1) is 16.8 Å². The van der Waals surface area contributed by atoms with Crippen LogP contribution in [0.3, 0.4) is 0 Å². The fourth-order valence-electron chi connectivity index (χ4n) is 2.68. The summed E-state index contributed by atoms with van der Waals surface area (Å²) in [5.74, 6) is 1.16. The summed E-state index contributed by atoms with van der Waals surface area (Å²) in [6.45, 7) is 6.03. The molecule has 2 aromatic heterocycles. The highest BCUT2D eigenvalue weighted by Crippen LogP contribution is 2.29. The number of fused-ring (bicyclic) bond motifs is 1. The third kappa shape index (κ3) is 4.08. The van der Waals surface area contributed by atoms with Crippen LogP contribution in [0, 0.1) is 13.8 Å². The van der Waals surface area contributed by atoms with E-state index in [1.165, 1.54) is 11.3 Å². The number of thiazole rings is 1. The van der Waals surface area contributed by atoms with Crippen LogP contribution in [0.15, 0.2) is 23.0 Å². The van der Waals surface area contributed by atoms with Crippen LogP contribution in [0.1, 0.15) is 30.4 Å². The molecule has 8 heteroatoms. The van der Waals surface area contributed by atoms with Crippen molar-refractivity contribution in [3.05, 3.63) is 45.6 Å². The van der Waals surface area contributed by atoms with Gasteiger partial charge in [-0.2, -0.15) is 0 Å². The number of aryl methyl sites for hydroxylation is 2. The normalized spacial score (nSPS) is 10.9. The lowest BCUT2D eigenvalue weighted by molar-refractivity contribution is -0.116. The van der Waals surface area contributed by atoms with E-state index in [-0.39, 0.29) is 17.9 Å². The van der Waals surface area contributed by atoms with Gasteiger partial charge in [0, 0.05) is 17.7 Å². The van der Waals surface area contributed by atoms with Crippen LogP contribution in [-0.4, -0.2) is 27.5 Å². The number of carbonyl (C=O) groups excluding carboxylic acids is 1. The fraction of sp³-hybridized carbons (Fsp3) is 0.333. The molecule has 1 aromatic carbocycles. The molecule has 0 radical (unpaired) electrons. The minimum Gasteiger partial charge on any atom is -0.494 e. The quantitative estimate of drug-likeness (QED) is 0.693. The lowest BCUT2D eigenvalue weighted by Gasteiger charge is -2.05. The lowest BCUT2D eigenvalue weighted by Crippen LogP contribution is -2.20. The number of H-pyrrole nitrogens is 1. The van der Waals surface area contributed by atoms with Gasteiger partial charge in [0.2, 0.25) is 5.91 Å². The van der Waals surface area contributed by atoms with Crippen molar-refractivity contribution in [2.45, 2.75) is 33.6 Å². The summed E-state index contributed by atoms with van der Waals surface area (Å²) in [6.07, 6.45) is 0.522. The van der Waals surface area contributed by atoms with Gasteiger partial charge in [-0.15, -0.1) is 0 Å². The number of rotatable bonds is 6. The number of amides is 1. The third-order valence-electron chi connectivity index (χ3n) is 3.86. The number of nitrogens with one attached hydrogen (secondary N) is 2. The van der Waals surface area contributed by atoms with E-state index < -0.39 is 0 Å². The van der Waals surface area contributed by atoms with Gasteiger partial charge in [-0.05, 0) is 45.4 Å². The highest BCUT2D eigenvalue weighted by molar-refractivity contribution is 7.22. The van der Waals surface area contributed by atoms with Crippen LogP contribution in [0.5, 0.6) is 5.75 Å². The van der Waals surface area contributed by atoms with Crippen LogP contribution in [0.2, 0.25) is 0 Å². The van der Waals surface area contributed by atoms with Gasteiger partial charge in [-0.3, -0.25) is 9.59 Å². The number of aromatic amines is 1. The summed E-state index contributed by atoms with van der Waals surface area (Å²) in [5.41, 5.74) is 1.81. The largest absolute Gasteiger partial charge is 0.494 e. The molecule has 0 aliphatic rings. The average Bonchev–Trinajstić information content (AvgIpc) is 2.95. The molecule has 0 aliphatic carbocycles. The van der Waals surface area contributed by atoms with Gasteiger partial charge in [0.25, 0.3) is 5.56 Å². The fourth-order valence-corrected chi connectivity index (χ4v) is 3.59. The van der Waals surface area contributed by atoms with Crippen molar-refractivity contribution in [2.24, 2.45) is 0 Å². The number of carbonyl (C=O) groups is 1. The number of hydrogen-bond donors (Lipinski definition) is 2. The number of ether oxygens (including phenoxy) is 1. The lowest BCUT2D eigenvalue weighted by atomic mass is 10.1. The first-order valence-corrected chi connectivity index (χ1v) is 9.17. The van der Waals surface area contributed by atoms with E-state index in [0.29, 0.717) is 35.2 Å². The highest BCUT2D eigenvalue weighted by atomic mass is 32.1. The van der Waals surface area contributed by atoms with E-state index in [4.69, 9.17) is 4.74 Å². The summed E-state index contributed by atoms with van der Waals surface area (Å²) in [5, 5.41) is 3.33. The second kappa shape index (κ2) is 7.65. The SMILES string of the molecule is CCOc1ccc2nc(NC(=O)CCc3c(C)nc(C)[nH]c3=O)sc2c1. The number of anilines is 1. The Bertz CT molecular complexity index is 1010. The van der Waals surface area contributed by atoms with Gasteiger partial charge in [-0.1, -0.05) is 11.3 Å². The number of aromatic nitrogens is 3. The Kier molecular flexibility index (Phi) is 5.32. The minimum absolute atomic E-state index is 0.187. The second-order valence-electron chi connectivity index (χ2n) is 5.85. The maximum atomic E-state index is 12.2. The van der Waals surface area contributed by atoms with Crippen molar-refractivity contribution < 1.29 is 9.53 Å². The van der Waals surface area contributed by atoms with E-state index >= 15 is 0 Å². The van der Waals surface area contributed by atoms with Gasteiger partial charge >= 0.3 is 0 Å². The molecule has 7 nitrogen and oxygen atoms in total. The topological polar surface area (TPSA) is 97.0 Å². The molecule has 1 amide bonds. The molecule has 2 N–H and O–H groups in total. The molecule has 3 aromatic rings.